The minimum absolute atomic E-state index is 0.704. The smallest absolute Gasteiger partial charge is 0.0352 e. The Kier molecular flexibility index (Phi) is 3.54. The summed E-state index contributed by atoms with van der Waals surface area (Å²) < 4.78 is 1.30. The molecule has 0 radical (unpaired) electrons. The third-order valence-electron chi connectivity index (χ3n) is 3.31. The fourth-order valence-electron chi connectivity index (χ4n) is 2.14. The number of benzene rings is 1. The predicted molar refractivity (Wildman–Crippen MR) is 74.1 cm³/mol. The lowest BCUT2D eigenvalue weighted by Gasteiger charge is -2.39. The van der Waals surface area contributed by atoms with Gasteiger partial charge in [0.1, 0.15) is 0 Å². The minimum atomic E-state index is 0.704. The summed E-state index contributed by atoms with van der Waals surface area (Å²) in [5.41, 5.74) is 1.27. The number of nitrogens with one attached hydrogen (secondary N) is 1. The standard InChI is InChI=1S/C13H18IN/c1-9(2)10-6-13(7-10)15-12-5-3-4-11(14)8-12/h3-5,8-10,13,15H,6-7H2,1-2H3. The zero-order chi connectivity index (χ0) is 10.8. The zero-order valence-electron chi connectivity index (χ0n) is 9.33. The van der Waals surface area contributed by atoms with Crippen molar-refractivity contribution in [2.45, 2.75) is 32.7 Å². The summed E-state index contributed by atoms with van der Waals surface area (Å²) in [7, 11) is 0. The SMILES string of the molecule is CC(C)C1CC(Nc2cccc(I)c2)C1. The second-order valence-electron chi connectivity index (χ2n) is 4.83. The highest BCUT2D eigenvalue weighted by Crippen LogP contribution is 2.35. The summed E-state index contributed by atoms with van der Waals surface area (Å²) in [6, 6.07) is 9.32. The first kappa shape index (κ1) is 11.2. The lowest BCUT2D eigenvalue weighted by Crippen LogP contribution is -2.37. The van der Waals surface area contributed by atoms with Crippen molar-refractivity contribution in [3.8, 4) is 0 Å². The first-order valence-electron chi connectivity index (χ1n) is 5.67. The van der Waals surface area contributed by atoms with E-state index in [4.69, 9.17) is 0 Å². The van der Waals surface area contributed by atoms with Crippen LogP contribution in [0.4, 0.5) is 5.69 Å². The summed E-state index contributed by atoms with van der Waals surface area (Å²) >= 11 is 2.36. The maximum absolute atomic E-state index is 3.60. The van der Waals surface area contributed by atoms with Crippen LogP contribution in [0.1, 0.15) is 26.7 Å². The van der Waals surface area contributed by atoms with Crippen LogP contribution in [0.2, 0.25) is 0 Å². The largest absolute Gasteiger partial charge is 0.382 e. The van der Waals surface area contributed by atoms with Gasteiger partial charge in [0.05, 0.1) is 0 Å². The van der Waals surface area contributed by atoms with E-state index in [1.54, 1.807) is 0 Å². The molecule has 0 aromatic heterocycles. The molecule has 15 heavy (non-hydrogen) atoms. The van der Waals surface area contributed by atoms with E-state index in [9.17, 15) is 0 Å². The van der Waals surface area contributed by atoms with Crippen LogP contribution >= 0.6 is 22.6 Å². The van der Waals surface area contributed by atoms with Crippen molar-refractivity contribution >= 4 is 28.3 Å². The molecule has 0 amide bonds. The van der Waals surface area contributed by atoms with Gasteiger partial charge in [-0.2, -0.15) is 0 Å². The molecule has 1 saturated carbocycles. The molecule has 0 heterocycles. The Bertz CT molecular complexity index is 329. The summed E-state index contributed by atoms with van der Waals surface area (Å²) in [6.07, 6.45) is 2.67. The molecule has 0 bridgehead atoms. The fraction of sp³-hybridized carbons (Fsp3) is 0.538. The van der Waals surface area contributed by atoms with Crippen molar-refractivity contribution in [1.82, 2.24) is 0 Å². The van der Waals surface area contributed by atoms with E-state index in [1.807, 2.05) is 0 Å². The molecule has 1 fully saturated rings. The van der Waals surface area contributed by atoms with Crippen LogP contribution in [-0.4, -0.2) is 6.04 Å². The molecule has 1 aliphatic rings. The van der Waals surface area contributed by atoms with Crippen LogP contribution < -0.4 is 5.32 Å². The Morgan fingerprint density at radius 2 is 2.07 bits per heavy atom. The first-order chi connectivity index (χ1) is 7.15. The van der Waals surface area contributed by atoms with Crippen LogP contribution in [0.5, 0.6) is 0 Å². The maximum atomic E-state index is 3.60. The van der Waals surface area contributed by atoms with Gasteiger partial charge in [-0.3, -0.25) is 0 Å². The van der Waals surface area contributed by atoms with Crippen LogP contribution in [0.3, 0.4) is 0 Å². The Morgan fingerprint density at radius 1 is 1.33 bits per heavy atom. The van der Waals surface area contributed by atoms with Crippen molar-refractivity contribution in [2.75, 3.05) is 5.32 Å². The maximum Gasteiger partial charge on any atom is 0.0352 e. The van der Waals surface area contributed by atoms with E-state index < -0.39 is 0 Å². The molecule has 0 aliphatic heterocycles. The lowest BCUT2D eigenvalue weighted by atomic mass is 9.73. The van der Waals surface area contributed by atoms with Crippen molar-refractivity contribution < 1.29 is 0 Å². The van der Waals surface area contributed by atoms with Gasteiger partial charge in [0.2, 0.25) is 0 Å². The molecule has 0 atom stereocenters. The van der Waals surface area contributed by atoms with Gasteiger partial charge >= 0.3 is 0 Å². The van der Waals surface area contributed by atoms with Gasteiger partial charge in [0.15, 0.2) is 0 Å². The number of halogens is 1. The Labute approximate surface area is 106 Å². The molecule has 1 aromatic carbocycles. The third kappa shape index (κ3) is 2.86. The molecule has 0 saturated heterocycles. The highest BCUT2D eigenvalue weighted by molar-refractivity contribution is 14.1. The average molecular weight is 315 g/mol. The summed E-state index contributed by atoms with van der Waals surface area (Å²) in [4.78, 5) is 0. The fourth-order valence-corrected chi connectivity index (χ4v) is 2.68. The highest BCUT2D eigenvalue weighted by atomic mass is 127. The van der Waals surface area contributed by atoms with E-state index >= 15 is 0 Å². The van der Waals surface area contributed by atoms with Crippen LogP contribution in [-0.2, 0) is 0 Å². The molecule has 1 N–H and O–H groups in total. The van der Waals surface area contributed by atoms with Crippen molar-refractivity contribution in [2.24, 2.45) is 11.8 Å². The van der Waals surface area contributed by atoms with E-state index in [-0.39, 0.29) is 0 Å². The van der Waals surface area contributed by atoms with Gasteiger partial charge in [0, 0.05) is 15.3 Å². The zero-order valence-corrected chi connectivity index (χ0v) is 11.5. The molecule has 2 heteroatoms. The molecule has 0 spiro atoms. The van der Waals surface area contributed by atoms with Gasteiger partial charge in [-0.05, 0) is 65.5 Å². The number of anilines is 1. The van der Waals surface area contributed by atoms with Gasteiger partial charge in [0.25, 0.3) is 0 Å². The van der Waals surface area contributed by atoms with Gasteiger partial charge in [-0.1, -0.05) is 19.9 Å². The monoisotopic (exact) mass is 315 g/mol. The Balaban J connectivity index is 1.85. The molecule has 1 aromatic rings. The van der Waals surface area contributed by atoms with E-state index in [0.29, 0.717) is 6.04 Å². The second kappa shape index (κ2) is 4.73. The summed E-state index contributed by atoms with van der Waals surface area (Å²) in [5, 5.41) is 3.60. The molecule has 82 valence electrons. The lowest BCUT2D eigenvalue weighted by molar-refractivity contribution is 0.212. The van der Waals surface area contributed by atoms with E-state index in [1.165, 1.54) is 22.1 Å². The molecule has 1 nitrogen and oxygen atoms in total. The number of hydrogen-bond donors (Lipinski definition) is 1. The Morgan fingerprint density at radius 3 is 2.67 bits per heavy atom. The van der Waals surface area contributed by atoms with Crippen molar-refractivity contribution in [1.29, 1.82) is 0 Å². The van der Waals surface area contributed by atoms with Gasteiger partial charge < -0.3 is 5.32 Å². The van der Waals surface area contributed by atoms with Crippen LogP contribution in [0.15, 0.2) is 24.3 Å². The van der Waals surface area contributed by atoms with Crippen LogP contribution in [0, 0.1) is 15.4 Å². The average Bonchev–Trinajstić information content (AvgIpc) is 2.10. The van der Waals surface area contributed by atoms with Crippen molar-refractivity contribution in [3.05, 3.63) is 27.8 Å². The summed E-state index contributed by atoms with van der Waals surface area (Å²) in [6.45, 7) is 4.65. The van der Waals surface area contributed by atoms with Crippen LogP contribution in [0.25, 0.3) is 0 Å². The topological polar surface area (TPSA) is 12.0 Å². The minimum Gasteiger partial charge on any atom is -0.382 e. The molecule has 0 unspecified atom stereocenters. The summed E-state index contributed by atoms with van der Waals surface area (Å²) in [5.74, 6) is 1.78. The number of hydrogen-bond acceptors (Lipinski definition) is 1. The quantitative estimate of drug-likeness (QED) is 0.827. The van der Waals surface area contributed by atoms with E-state index in [0.717, 1.165) is 11.8 Å². The Hall–Kier alpha value is -0.250. The number of rotatable bonds is 3. The predicted octanol–water partition coefficient (Wildman–Crippen LogP) is 4.14. The third-order valence-corrected chi connectivity index (χ3v) is 3.98. The van der Waals surface area contributed by atoms with Gasteiger partial charge in [-0.15, -0.1) is 0 Å². The molecular formula is C13H18IN. The molecular weight excluding hydrogens is 297 g/mol. The van der Waals surface area contributed by atoms with Crippen molar-refractivity contribution in [3.63, 3.8) is 0 Å². The molecule has 2 rings (SSSR count). The second-order valence-corrected chi connectivity index (χ2v) is 6.07. The highest BCUT2D eigenvalue weighted by Gasteiger charge is 2.30. The first-order valence-corrected chi connectivity index (χ1v) is 6.75. The van der Waals surface area contributed by atoms with Gasteiger partial charge in [-0.25, -0.2) is 0 Å². The van der Waals surface area contributed by atoms with E-state index in [2.05, 4.69) is 66.0 Å². The molecule has 1 aliphatic carbocycles. The normalized spacial score (nSPS) is 25.1.